The topological polar surface area (TPSA) is 75.3 Å². The highest BCUT2D eigenvalue weighted by Gasteiger charge is 2.16. The van der Waals surface area contributed by atoms with E-state index in [-0.39, 0.29) is 16.6 Å². The molecule has 0 unspecified atom stereocenters. The van der Waals surface area contributed by atoms with Crippen LogP contribution < -0.4 is 10.0 Å². The molecule has 0 aliphatic carbocycles. The summed E-state index contributed by atoms with van der Waals surface area (Å²) >= 11 is 7.48. The summed E-state index contributed by atoms with van der Waals surface area (Å²) in [6, 6.07) is 17.4. The van der Waals surface area contributed by atoms with Crippen molar-refractivity contribution >= 4 is 45.0 Å². The maximum atomic E-state index is 13.8. The lowest BCUT2D eigenvalue weighted by molar-refractivity contribution is 0.0956. The zero-order valence-corrected chi connectivity index (χ0v) is 19.7. The van der Waals surface area contributed by atoms with Gasteiger partial charge in [0.05, 0.1) is 10.6 Å². The number of hydrogen-bond donors (Lipinski definition) is 2. The molecule has 3 rings (SSSR count). The van der Waals surface area contributed by atoms with Crippen molar-refractivity contribution in [1.29, 1.82) is 0 Å². The minimum atomic E-state index is -3.71. The van der Waals surface area contributed by atoms with E-state index >= 15 is 0 Å². The van der Waals surface area contributed by atoms with Gasteiger partial charge in [-0.3, -0.25) is 9.52 Å². The van der Waals surface area contributed by atoms with Crippen molar-refractivity contribution in [2.45, 2.75) is 17.6 Å². The van der Waals surface area contributed by atoms with Gasteiger partial charge in [-0.05, 0) is 55.0 Å². The third kappa shape index (κ3) is 6.25. The van der Waals surface area contributed by atoms with E-state index in [4.69, 9.17) is 11.6 Å². The van der Waals surface area contributed by atoms with Crippen molar-refractivity contribution in [3.8, 4) is 0 Å². The molecule has 3 aromatic rings. The van der Waals surface area contributed by atoms with E-state index < -0.39 is 10.0 Å². The number of amides is 1. The first kappa shape index (κ1) is 24.1. The van der Waals surface area contributed by atoms with Crippen LogP contribution in [0.2, 0.25) is 5.02 Å². The SMILES string of the molecule is Cc1cc(C(=O)NCCSCc2c(F)cccc2Cl)ccc1NS(=O)(=O)c1ccccc1. The van der Waals surface area contributed by atoms with Crippen LogP contribution in [0.4, 0.5) is 10.1 Å². The number of anilines is 1. The summed E-state index contributed by atoms with van der Waals surface area (Å²) in [7, 11) is -3.71. The average Bonchev–Trinajstić information content (AvgIpc) is 2.77. The van der Waals surface area contributed by atoms with Gasteiger partial charge in [-0.2, -0.15) is 11.8 Å². The predicted octanol–water partition coefficient (Wildman–Crippen LogP) is 5.25. The zero-order valence-electron chi connectivity index (χ0n) is 17.3. The van der Waals surface area contributed by atoms with Gasteiger partial charge in [0.25, 0.3) is 15.9 Å². The molecular weight excluding hydrogens is 471 g/mol. The summed E-state index contributed by atoms with van der Waals surface area (Å²) in [4.78, 5) is 12.6. The summed E-state index contributed by atoms with van der Waals surface area (Å²) in [6.07, 6.45) is 0. The second-order valence-electron chi connectivity index (χ2n) is 6.96. The fraction of sp³-hybridized carbons (Fsp3) is 0.174. The number of carbonyl (C=O) groups excluding carboxylic acids is 1. The van der Waals surface area contributed by atoms with E-state index in [1.165, 1.54) is 30.0 Å². The zero-order chi connectivity index (χ0) is 23.1. The van der Waals surface area contributed by atoms with Crippen molar-refractivity contribution in [2.24, 2.45) is 0 Å². The fourth-order valence-corrected chi connectivity index (χ4v) is 5.26. The lowest BCUT2D eigenvalue weighted by atomic mass is 10.1. The van der Waals surface area contributed by atoms with Gasteiger partial charge in [0.2, 0.25) is 0 Å². The molecule has 5 nitrogen and oxygen atoms in total. The number of hydrogen-bond acceptors (Lipinski definition) is 4. The van der Waals surface area contributed by atoms with E-state index in [2.05, 4.69) is 10.0 Å². The van der Waals surface area contributed by atoms with Crippen molar-refractivity contribution in [3.63, 3.8) is 0 Å². The summed E-state index contributed by atoms with van der Waals surface area (Å²) in [5, 5.41) is 3.20. The number of sulfonamides is 1. The largest absolute Gasteiger partial charge is 0.351 e. The van der Waals surface area contributed by atoms with Crippen molar-refractivity contribution in [3.05, 3.63) is 94.3 Å². The van der Waals surface area contributed by atoms with Gasteiger partial charge in [0, 0.05) is 34.2 Å². The lowest BCUT2D eigenvalue weighted by Crippen LogP contribution is -2.26. The molecule has 3 aromatic carbocycles. The van der Waals surface area contributed by atoms with Gasteiger partial charge in [0.1, 0.15) is 5.82 Å². The second kappa shape index (κ2) is 10.8. The molecule has 1 amide bonds. The van der Waals surface area contributed by atoms with E-state index in [1.807, 2.05) is 0 Å². The number of halogens is 2. The predicted molar refractivity (Wildman–Crippen MR) is 128 cm³/mol. The minimum Gasteiger partial charge on any atom is -0.351 e. The Bertz CT molecular complexity index is 1180. The second-order valence-corrected chi connectivity index (χ2v) is 10.2. The smallest absolute Gasteiger partial charge is 0.261 e. The maximum Gasteiger partial charge on any atom is 0.261 e. The van der Waals surface area contributed by atoms with Crippen LogP contribution in [0.3, 0.4) is 0 Å². The standard InChI is InChI=1S/C23H22ClFN2O3S2/c1-16-14-17(10-11-22(16)27-32(29,30)18-6-3-2-4-7-18)23(28)26-12-13-31-15-19-20(24)8-5-9-21(19)25/h2-11,14,27H,12-13,15H2,1H3,(H,26,28). The summed E-state index contributed by atoms with van der Waals surface area (Å²) in [5.41, 5.74) is 1.91. The molecule has 0 aliphatic rings. The van der Waals surface area contributed by atoms with Crippen LogP contribution in [0.5, 0.6) is 0 Å². The molecule has 0 saturated carbocycles. The van der Waals surface area contributed by atoms with Gasteiger partial charge in [-0.15, -0.1) is 0 Å². The Hall–Kier alpha value is -2.55. The Morgan fingerprint density at radius 2 is 1.81 bits per heavy atom. The molecule has 0 spiro atoms. The third-order valence-corrected chi connectivity index (χ3v) is 7.35. The molecule has 0 aliphatic heterocycles. The summed E-state index contributed by atoms with van der Waals surface area (Å²) in [6.45, 7) is 2.13. The van der Waals surface area contributed by atoms with Crippen LogP contribution >= 0.6 is 23.4 Å². The number of aryl methyl sites for hydroxylation is 1. The van der Waals surface area contributed by atoms with Crippen molar-refractivity contribution in [2.75, 3.05) is 17.0 Å². The number of carbonyl (C=O) groups is 1. The first-order chi connectivity index (χ1) is 15.3. The molecule has 0 radical (unpaired) electrons. The van der Waals surface area contributed by atoms with Gasteiger partial charge < -0.3 is 5.32 Å². The number of nitrogens with one attached hydrogen (secondary N) is 2. The van der Waals surface area contributed by atoms with E-state index in [9.17, 15) is 17.6 Å². The quantitative estimate of drug-likeness (QED) is 0.400. The highest BCUT2D eigenvalue weighted by molar-refractivity contribution is 7.98. The first-order valence-electron chi connectivity index (χ1n) is 9.75. The van der Waals surface area contributed by atoms with Crippen LogP contribution in [0.15, 0.2) is 71.6 Å². The molecule has 0 saturated heterocycles. The van der Waals surface area contributed by atoms with Gasteiger partial charge in [-0.25, -0.2) is 12.8 Å². The molecule has 0 heterocycles. The van der Waals surface area contributed by atoms with E-state index in [0.29, 0.717) is 45.5 Å². The Morgan fingerprint density at radius 1 is 1.06 bits per heavy atom. The fourth-order valence-electron chi connectivity index (χ4n) is 2.91. The molecule has 2 N–H and O–H groups in total. The van der Waals surface area contributed by atoms with E-state index in [0.717, 1.165) is 0 Å². The van der Waals surface area contributed by atoms with Crippen LogP contribution in [0.1, 0.15) is 21.5 Å². The van der Waals surface area contributed by atoms with Crippen molar-refractivity contribution in [1.82, 2.24) is 5.32 Å². The highest BCUT2D eigenvalue weighted by Crippen LogP contribution is 2.24. The van der Waals surface area contributed by atoms with Crippen molar-refractivity contribution < 1.29 is 17.6 Å². The van der Waals surface area contributed by atoms with Crippen LogP contribution in [-0.4, -0.2) is 26.6 Å². The molecule has 0 aromatic heterocycles. The molecule has 0 fully saturated rings. The Labute approximate surface area is 196 Å². The summed E-state index contributed by atoms with van der Waals surface area (Å²) in [5.74, 6) is 0.392. The monoisotopic (exact) mass is 492 g/mol. The molecule has 9 heteroatoms. The molecular formula is C23H22ClFN2O3S2. The van der Waals surface area contributed by atoms with Crippen LogP contribution in [0.25, 0.3) is 0 Å². The normalized spacial score (nSPS) is 11.2. The first-order valence-corrected chi connectivity index (χ1v) is 12.8. The average molecular weight is 493 g/mol. The highest BCUT2D eigenvalue weighted by atomic mass is 35.5. The van der Waals surface area contributed by atoms with Gasteiger partial charge in [0.15, 0.2) is 0 Å². The number of rotatable bonds is 9. The molecule has 168 valence electrons. The van der Waals surface area contributed by atoms with Gasteiger partial charge >= 0.3 is 0 Å². The van der Waals surface area contributed by atoms with Gasteiger partial charge in [-0.1, -0.05) is 35.9 Å². The Balaban J connectivity index is 1.52. The lowest BCUT2D eigenvalue weighted by Gasteiger charge is -2.12. The minimum absolute atomic E-state index is 0.162. The Kier molecular flexibility index (Phi) is 8.17. The number of thioether (sulfide) groups is 1. The molecule has 0 bridgehead atoms. The molecule has 0 atom stereocenters. The molecule has 32 heavy (non-hydrogen) atoms. The Morgan fingerprint density at radius 3 is 2.50 bits per heavy atom. The number of benzene rings is 3. The maximum absolute atomic E-state index is 13.8. The van der Waals surface area contributed by atoms with Crippen LogP contribution in [0, 0.1) is 12.7 Å². The van der Waals surface area contributed by atoms with Crippen LogP contribution in [-0.2, 0) is 15.8 Å². The third-order valence-electron chi connectivity index (χ3n) is 4.63. The van der Waals surface area contributed by atoms with E-state index in [1.54, 1.807) is 55.5 Å². The summed E-state index contributed by atoms with van der Waals surface area (Å²) < 4.78 is 41.3.